The Morgan fingerprint density at radius 3 is 2.23 bits per heavy atom. The van der Waals surface area contributed by atoms with Crippen LogP contribution in [0, 0.1) is 0 Å². The minimum Gasteiger partial charge on any atom is -0.449 e. The summed E-state index contributed by atoms with van der Waals surface area (Å²) in [4.78, 5) is 12.5. The van der Waals surface area contributed by atoms with Crippen molar-refractivity contribution in [3.05, 3.63) is 59.7 Å². The summed E-state index contributed by atoms with van der Waals surface area (Å²) in [5.74, 6) is 0.0334. The summed E-state index contributed by atoms with van der Waals surface area (Å²) in [6, 6.07) is 16.6. The van der Waals surface area contributed by atoms with Crippen LogP contribution in [0.4, 0.5) is 4.79 Å². The van der Waals surface area contributed by atoms with Gasteiger partial charge in [0, 0.05) is 12.5 Å². The van der Waals surface area contributed by atoms with Crippen molar-refractivity contribution < 1.29 is 23.8 Å². The van der Waals surface area contributed by atoms with Gasteiger partial charge in [-0.15, -0.1) is 0 Å². The monoisotopic (exact) mass is 497 g/mol. The number of hydrogen-bond acceptors (Lipinski definition) is 5. The van der Waals surface area contributed by atoms with Gasteiger partial charge in [0.05, 0.1) is 18.8 Å². The summed E-state index contributed by atoms with van der Waals surface area (Å²) < 4.78 is 18.3. The van der Waals surface area contributed by atoms with Crippen LogP contribution in [0.2, 0.25) is 18.1 Å². The lowest BCUT2D eigenvalue weighted by Gasteiger charge is -2.44. The molecule has 4 rings (SSSR count). The highest BCUT2D eigenvalue weighted by Crippen LogP contribution is 2.44. The second-order valence-corrected chi connectivity index (χ2v) is 15.9. The predicted octanol–water partition coefficient (Wildman–Crippen LogP) is 5.46. The summed E-state index contributed by atoms with van der Waals surface area (Å²) in [6.07, 6.45) is 0.440. The second-order valence-electron chi connectivity index (χ2n) is 11.2. The molecule has 7 heteroatoms. The molecule has 1 fully saturated rings. The van der Waals surface area contributed by atoms with Gasteiger partial charge in [-0.2, -0.15) is 0 Å². The lowest BCUT2D eigenvalue weighted by atomic mass is 9.98. The summed E-state index contributed by atoms with van der Waals surface area (Å²) in [6.45, 7) is 11.6. The number of nitrogens with one attached hydrogen (secondary N) is 1. The van der Waals surface area contributed by atoms with Crippen molar-refractivity contribution >= 4 is 14.4 Å². The van der Waals surface area contributed by atoms with Crippen LogP contribution in [0.3, 0.4) is 0 Å². The molecule has 190 valence electrons. The van der Waals surface area contributed by atoms with Crippen LogP contribution in [0.5, 0.6) is 0 Å². The highest BCUT2D eigenvalue weighted by molar-refractivity contribution is 6.74. The first-order valence-corrected chi connectivity index (χ1v) is 15.5. The highest BCUT2D eigenvalue weighted by Gasteiger charge is 2.42. The molecule has 1 aliphatic heterocycles. The van der Waals surface area contributed by atoms with Crippen molar-refractivity contribution in [2.45, 2.75) is 76.0 Å². The smallest absolute Gasteiger partial charge is 0.407 e. The van der Waals surface area contributed by atoms with E-state index in [2.05, 4.69) is 63.4 Å². The third-order valence-corrected chi connectivity index (χ3v) is 12.3. The van der Waals surface area contributed by atoms with Gasteiger partial charge in [0.1, 0.15) is 12.7 Å². The number of hydrogen-bond donors (Lipinski definition) is 2. The minimum atomic E-state index is -1.96. The molecule has 0 bridgehead atoms. The normalized spacial score (nSPS) is 22.4. The number of alkyl carbamates (subject to hydrolysis) is 1. The molecule has 1 aliphatic carbocycles. The van der Waals surface area contributed by atoms with E-state index >= 15 is 0 Å². The minimum absolute atomic E-state index is 0.0334. The van der Waals surface area contributed by atoms with E-state index in [1.54, 1.807) is 0 Å². The fourth-order valence-electron chi connectivity index (χ4n) is 4.79. The fourth-order valence-corrected chi connectivity index (χ4v) is 6.17. The van der Waals surface area contributed by atoms with Crippen LogP contribution < -0.4 is 5.32 Å². The van der Waals surface area contributed by atoms with Crippen molar-refractivity contribution in [2.24, 2.45) is 0 Å². The van der Waals surface area contributed by atoms with E-state index in [0.717, 1.165) is 12.8 Å². The van der Waals surface area contributed by atoms with Gasteiger partial charge in [0.2, 0.25) is 0 Å². The van der Waals surface area contributed by atoms with E-state index in [9.17, 15) is 9.90 Å². The molecule has 2 aliphatic rings. The second kappa shape index (κ2) is 10.4. The maximum absolute atomic E-state index is 12.5. The first-order chi connectivity index (χ1) is 16.6. The summed E-state index contributed by atoms with van der Waals surface area (Å²) in [7, 11) is -1.96. The van der Waals surface area contributed by atoms with E-state index < -0.39 is 14.4 Å². The Kier molecular flexibility index (Phi) is 7.71. The van der Waals surface area contributed by atoms with Crippen LogP contribution in [-0.2, 0) is 13.9 Å². The lowest BCUT2D eigenvalue weighted by molar-refractivity contribution is -0.127. The first-order valence-electron chi connectivity index (χ1n) is 12.6. The van der Waals surface area contributed by atoms with Gasteiger partial charge in [0.25, 0.3) is 0 Å². The predicted molar refractivity (Wildman–Crippen MR) is 140 cm³/mol. The molecule has 0 unspecified atom stereocenters. The number of carbonyl (C=O) groups excluding carboxylic acids is 1. The number of fused-ring (bicyclic) bond motifs is 3. The average Bonchev–Trinajstić information content (AvgIpc) is 3.15. The molecule has 6 nitrogen and oxygen atoms in total. The van der Waals surface area contributed by atoms with Crippen LogP contribution in [0.1, 0.15) is 50.7 Å². The molecule has 35 heavy (non-hydrogen) atoms. The third kappa shape index (κ3) is 5.64. The first kappa shape index (κ1) is 25.9. The van der Waals surface area contributed by atoms with Crippen LogP contribution in [0.25, 0.3) is 11.1 Å². The molecule has 2 aromatic rings. The Morgan fingerprint density at radius 2 is 1.66 bits per heavy atom. The van der Waals surface area contributed by atoms with Gasteiger partial charge in [-0.25, -0.2) is 4.79 Å². The Morgan fingerprint density at radius 1 is 1.06 bits per heavy atom. The summed E-state index contributed by atoms with van der Waals surface area (Å²) in [5, 5.41) is 12.9. The molecule has 2 aromatic carbocycles. The van der Waals surface area contributed by atoms with E-state index in [0.29, 0.717) is 6.54 Å². The van der Waals surface area contributed by atoms with Gasteiger partial charge in [-0.1, -0.05) is 69.3 Å². The molecular weight excluding hydrogens is 458 g/mol. The maximum Gasteiger partial charge on any atom is 0.407 e. The van der Waals surface area contributed by atoms with Crippen molar-refractivity contribution in [3.8, 4) is 11.1 Å². The summed E-state index contributed by atoms with van der Waals surface area (Å²) >= 11 is 0. The highest BCUT2D eigenvalue weighted by atomic mass is 28.4. The SMILES string of the molecule is CC(C)(C)[Si](C)(C)O[C@H]1CC[C@H](CNC(=O)OCC2c3ccccc3-c3ccccc32)O[C@@H]1CO. The Hall–Kier alpha value is -2.19. The van der Waals surface area contributed by atoms with Gasteiger partial charge < -0.3 is 24.3 Å². The lowest BCUT2D eigenvalue weighted by Crippen LogP contribution is -2.52. The molecular formula is C28H39NO5Si. The number of aliphatic hydroxyl groups excluding tert-OH is 1. The number of amides is 1. The molecule has 0 spiro atoms. The van der Waals surface area contributed by atoms with E-state index in [1.807, 2.05) is 24.3 Å². The largest absolute Gasteiger partial charge is 0.449 e. The summed E-state index contributed by atoms with van der Waals surface area (Å²) in [5.41, 5.74) is 4.79. The molecule has 2 N–H and O–H groups in total. The van der Waals surface area contributed by atoms with Gasteiger partial charge in [-0.05, 0) is 53.2 Å². The third-order valence-electron chi connectivity index (χ3n) is 7.80. The Labute approximate surface area is 210 Å². The van der Waals surface area contributed by atoms with Crippen LogP contribution in [0.15, 0.2) is 48.5 Å². The van der Waals surface area contributed by atoms with Crippen molar-refractivity contribution in [2.75, 3.05) is 19.8 Å². The molecule has 0 aromatic heterocycles. The van der Waals surface area contributed by atoms with Gasteiger partial charge >= 0.3 is 6.09 Å². The van der Waals surface area contributed by atoms with E-state index in [1.165, 1.54) is 22.3 Å². The topological polar surface area (TPSA) is 77.0 Å². The molecule has 0 saturated carbocycles. The molecule has 3 atom stereocenters. The van der Waals surface area contributed by atoms with Crippen molar-refractivity contribution in [1.82, 2.24) is 5.32 Å². The molecule has 1 amide bonds. The van der Waals surface area contributed by atoms with E-state index in [-0.39, 0.29) is 42.5 Å². The Bertz CT molecular complexity index is 989. The number of aliphatic hydroxyl groups is 1. The number of ether oxygens (including phenoxy) is 2. The maximum atomic E-state index is 12.5. The van der Waals surface area contributed by atoms with Gasteiger partial charge in [0.15, 0.2) is 8.32 Å². The Balaban J connectivity index is 1.28. The molecule has 0 radical (unpaired) electrons. The number of rotatable bonds is 7. The van der Waals surface area contributed by atoms with Crippen LogP contribution in [-0.4, -0.2) is 57.6 Å². The standard InChI is InChI=1S/C28H39NO5Si/c1-28(2,3)35(4,5)34-25-15-14-19(33-26(25)17-30)16-29-27(31)32-18-24-22-12-8-6-10-20(22)21-11-7-9-13-23(21)24/h6-13,19,24-26,30H,14-18H2,1-5H3,(H,29,31)/t19-,25+,26-/m1/s1. The number of carbonyl (C=O) groups is 1. The van der Waals surface area contributed by atoms with E-state index in [4.69, 9.17) is 13.9 Å². The van der Waals surface area contributed by atoms with Crippen molar-refractivity contribution in [1.29, 1.82) is 0 Å². The fraction of sp³-hybridized carbons (Fsp3) is 0.536. The zero-order valence-corrected chi connectivity index (χ0v) is 22.5. The molecule has 1 saturated heterocycles. The van der Waals surface area contributed by atoms with Crippen LogP contribution >= 0.6 is 0 Å². The zero-order valence-electron chi connectivity index (χ0n) is 21.5. The zero-order chi connectivity index (χ0) is 25.2. The van der Waals surface area contributed by atoms with Gasteiger partial charge in [-0.3, -0.25) is 0 Å². The number of benzene rings is 2. The average molecular weight is 498 g/mol. The quantitative estimate of drug-likeness (QED) is 0.497. The van der Waals surface area contributed by atoms with Crippen molar-refractivity contribution in [3.63, 3.8) is 0 Å². The molecule has 1 heterocycles.